The van der Waals surface area contributed by atoms with Crippen LogP contribution in [-0.2, 0) is 9.84 Å². The highest BCUT2D eigenvalue weighted by atomic mass is 32.2. The van der Waals surface area contributed by atoms with E-state index in [1.165, 1.54) is 16.2 Å². The van der Waals surface area contributed by atoms with Crippen LogP contribution in [0.4, 0.5) is 9.80 Å². The van der Waals surface area contributed by atoms with Crippen molar-refractivity contribution in [2.24, 2.45) is 0 Å². The summed E-state index contributed by atoms with van der Waals surface area (Å²) in [5.41, 5.74) is 0. The first-order chi connectivity index (χ1) is 8.03. The molecule has 0 atom stereocenters. The van der Waals surface area contributed by atoms with E-state index in [9.17, 15) is 13.2 Å². The predicted molar refractivity (Wildman–Crippen MR) is 68.2 cm³/mol. The van der Waals surface area contributed by atoms with Gasteiger partial charge < -0.3 is 4.90 Å². The lowest BCUT2D eigenvalue weighted by Gasteiger charge is -2.38. The maximum Gasteiger partial charge on any atom is 0.322 e. The average Bonchev–Trinajstić information content (AvgIpc) is 2.67. The number of carbonyl (C=O) groups is 1. The van der Waals surface area contributed by atoms with Gasteiger partial charge in [-0.3, -0.25) is 5.32 Å². The summed E-state index contributed by atoms with van der Waals surface area (Å²) in [5.74, 6) is 0.137. The fourth-order valence-corrected chi connectivity index (χ4v) is 3.49. The van der Waals surface area contributed by atoms with E-state index in [0.717, 1.165) is 5.00 Å². The minimum Gasteiger partial charge on any atom is -0.322 e. The summed E-state index contributed by atoms with van der Waals surface area (Å²) < 4.78 is 23.0. The summed E-state index contributed by atoms with van der Waals surface area (Å²) in [7, 11) is -3.01. The van der Waals surface area contributed by atoms with E-state index in [1.807, 2.05) is 17.5 Å². The number of rotatable bonds is 3. The van der Waals surface area contributed by atoms with Gasteiger partial charge in [-0.15, -0.1) is 11.3 Å². The number of carbonyl (C=O) groups excluding carboxylic acids is 1. The van der Waals surface area contributed by atoms with E-state index in [1.54, 1.807) is 6.92 Å². The molecule has 17 heavy (non-hydrogen) atoms. The Kier molecular flexibility index (Phi) is 3.39. The Hall–Kier alpha value is -1.08. The molecule has 0 aliphatic carbocycles. The molecule has 1 aliphatic heterocycles. The van der Waals surface area contributed by atoms with Crippen molar-refractivity contribution in [2.75, 3.05) is 24.2 Å². The Morgan fingerprint density at radius 3 is 2.82 bits per heavy atom. The number of hydrogen-bond donors (Lipinski definition) is 1. The second-order valence-corrected chi connectivity index (χ2v) is 7.40. The average molecular weight is 274 g/mol. The number of thiophene rings is 1. The van der Waals surface area contributed by atoms with Gasteiger partial charge in [0.15, 0.2) is 9.84 Å². The third-order valence-corrected chi connectivity index (χ3v) is 5.70. The van der Waals surface area contributed by atoms with Gasteiger partial charge >= 0.3 is 6.03 Å². The molecule has 2 heterocycles. The first kappa shape index (κ1) is 12.4. The first-order valence-electron chi connectivity index (χ1n) is 5.34. The quantitative estimate of drug-likeness (QED) is 0.906. The van der Waals surface area contributed by atoms with Crippen molar-refractivity contribution in [3.05, 3.63) is 17.5 Å². The Bertz CT molecular complexity index is 490. The monoisotopic (exact) mass is 274 g/mol. The molecular formula is C10H14N2O3S2. The van der Waals surface area contributed by atoms with Crippen LogP contribution in [0.25, 0.3) is 0 Å². The molecule has 0 bridgehead atoms. The van der Waals surface area contributed by atoms with Crippen molar-refractivity contribution < 1.29 is 13.2 Å². The van der Waals surface area contributed by atoms with Gasteiger partial charge in [0.25, 0.3) is 0 Å². The molecule has 1 aliphatic rings. The Morgan fingerprint density at radius 1 is 1.59 bits per heavy atom. The molecule has 7 heteroatoms. The lowest BCUT2D eigenvalue weighted by molar-refractivity contribution is 0.183. The van der Waals surface area contributed by atoms with E-state index < -0.39 is 9.84 Å². The summed E-state index contributed by atoms with van der Waals surface area (Å²) in [4.78, 5) is 13.2. The van der Waals surface area contributed by atoms with Crippen molar-refractivity contribution in [2.45, 2.75) is 12.2 Å². The topological polar surface area (TPSA) is 66.5 Å². The van der Waals surface area contributed by atoms with Crippen LogP contribution in [0.1, 0.15) is 6.92 Å². The van der Waals surface area contributed by atoms with Crippen LogP contribution in [0.3, 0.4) is 0 Å². The van der Waals surface area contributed by atoms with Crippen molar-refractivity contribution in [3.8, 4) is 0 Å². The Labute approximate surface area is 104 Å². The number of hydrogen-bond acceptors (Lipinski definition) is 4. The van der Waals surface area contributed by atoms with Gasteiger partial charge in [0, 0.05) is 18.8 Å². The second kappa shape index (κ2) is 4.66. The first-order valence-corrected chi connectivity index (χ1v) is 7.93. The highest BCUT2D eigenvalue weighted by Crippen LogP contribution is 2.20. The second-order valence-electron chi connectivity index (χ2n) is 3.89. The van der Waals surface area contributed by atoms with Gasteiger partial charge in [0.1, 0.15) is 0 Å². The van der Waals surface area contributed by atoms with Crippen LogP contribution < -0.4 is 5.32 Å². The number of nitrogens with one attached hydrogen (secondary N) is 1. The molecule has 5 nitrogen and oxygen atoms in total. The fraction of sp³-hybridized carbons (Fsp3) is 0.500. The maximum absolute atomic E-state index is 11.7. The van der Waals surface area contributed by atoms with Crippen LogP contribution in [-0.4, -0.2) is 43.4 Å². The van der Waals surface area contributed by atoms with Crippen LogP contribution in [0.15, 0.2) is 17.5 Å². The van der Waals surface area contributed by atoms with E-state index in [4.69, 9.17) is 0 Å². The molecule has 94 valence electrons. The fourth-order valence-electron chi connectivity index (χ4n) is 1.60. The standard InChI is InChI=1S/C10H14N2O3S2/c1-2-17(14,15)8-6-12(7-8)10(13)11-9-4-3-5-16-9/h3-5,8H,2,6-7H2,1H3,(H,11,13). The zero-order valence-corrected chi connectivity index (χ0v) is 11.1. The van der Waals surface area contributed by atoms with Crippen molar-refractivity contribution in [1.82, 2.24) is 4.90 Å². The van der Waals surface area contributed by atoms with Gasteiger partial charge in [-0.05, 0) is 17.5 Å². The molecule has 0 spiro atoms. The molecule has 1 fully saturated rings. The van der Waals surface area contributed by atoms with Gasteiger partial charge in [-0.25, -0.2) is 13.2 Å². The maximum atomic E-state index is 11.7. The molecular weight excluding hydrogens is 260 g/mol. The molecule has 2 rings (SSSR count). The van der Waals surface area contributed by atoms with Crippen LogP contribution in [0.5, 0.6) is 0 Å². The number of anilines is 1. The summed E-state index contributed by atoms with van der Waals surface area (Å²) in [6.45, 7) is 2.23. The molecule has 0 radical (unpaired) electrons. The summed E-state index contributed by atoms with van der Waals surface area (Å²) in [6, 6.07) is 3.43. The van der Waals surface area contributed by atoms with Gasteiger partial charge in [0.05, 0.1) is 10.3 Å². The number of urea groups is 1. The smallest absolute Gasteiger partial charge is 0.322 e. The molecule has 0 aromatic carbocycles. The minimum absolute atomic E-state index is 0.137. The number of likely N-dealkylation sites (tertiary alicyclic amines) is 1. The van der Waals surface area contributed by atoms with Gasteiger partial charge in [-0.1, -0.05) is 6.92 Å². The lowest BCUT2D eigenvalue weighted by atomic mass is 10.2. The molecule has 1 N–H and O–H groups in total. The molecule has 0 saturated carbocycles. The Balaban J connectivity index is 1.86. The van der Waals surface area contributed by atoms with E-state index >= 15 is 0 Å². The third kappa shape index (κ3) is 2.61. The van der Waals surface area contributed by atoms with E-state index in [-0.39, 0.29) is 17.0 Å². The molecule has 1 aromatic rings. The van der Waals surface area contributed by atoms with Crippen LogP contribution >= 0.6 is 11.3 Å². The van der Waals surface area contributed by atoms with Gasteiger partial charge in [0.2, 0.25) is 0 Å². The van der Waals surface area contributed by atoms with Crippen molar-refractivity contribution in [3.63, 3.8) is 0 Å². The van der Waals surface area contributed by atoms with Crippen molar-refractivity contribution >= 4 is 32.2 Å². The molecule has 0 unspecified atom stereocenters. The van der Waals surface area contributed by atoms with E-state index in [0.29, 0.717) is 13.1 Å². The van der Waals surface area contributed by atoms with Crippen molar-refractivity contribution in [1.29, 1.82) is 0 Å². The zero-order chi connectivity index (χ0) is 12.5. The summed E-state index contributed by atoms with van der Waals surface area (Å²) >= 11 is 1.44. The highest BCUT2D eigenvalue weighted by Gasteiger charge is 2.38. The third-order valence-electron chi connectivity index (χ3n) is 2.80. The highest BCUT2D eigenvalue weighted by molar-refractivity contribution is 7.92. The lowest BCUT2D eigenvalue weighted by Crippen LogP contribution is -2.58. The largest absolute Gasteiger partial charge is 0.322 e. The molecule has 1 aromatic heterocycles. The van der Waals surface area contributed by atoms with E-state index in [2.05, 4.69) is 5.32 Å². The molecule has 2 amide bonds. The summed E-state index contributed by atoms with van der Waals surface area (Å²) in [5, 5.41) is 4.98. The molecule has 1 saturated heterocycles. The zero-order valence-electron chi connectivity index (χ0n) is 9.42. The number of nitrogens with zero attached hydrogens (tertiary/aromatic N) is 1. The Morgan fingerprint density at radius 2 is 2.29 bits per heavy atom. The minimum atomic E-state index is -3.01. The predicted octanol–water partition coefficient (Wildman–Crippen LogP) is 1.40. The van der Waals surface area contributed by atoms with Crippen LogP contribution in [0, 0.1) is 0 Å². The van der Waals surface area contributed by atoms with Crippen LogP contribution in [0.2, 0.25) is 0 Å². The number of amides is 2. The normalized spacial score (nSPS) is 16.6. The summed E-state index contributed by atoms with van der Waals surface area (Å²) in [6.07, 6.45) is 0. The SMILES string of the molecule is CCS(=O)(=O)C1CN(C(=O)Nc2cccs2)C1. The van der Waals surface area contributed by atoms with Gasteiger partial charge in [-0.2, -0.15) is 0 Å². The number of sulfone groups is 1.